The molecule has 4 nitrogen and oxygen atoms in total. The molecule has 2 rings (SSSR count). The van der Waals surface area contributed by atoms with E-state index in [1.54, 1.807) is 7.11 Å². The highest BCUT2D eigenvalue weighted by Crippen LogP contribution is 2.42. The third kappa shape index (κ3) is 2.97. The predicted molar refractivity (Wildman–Crippen MR) is 79.4 cm³/mol. The van der Waals surface area contributed by atoms with Crippen molar-refractivity contribution in [3.05, 3.63) is 23.8 Å². The highest BCUT2D eigenvalue weighted by atomic mass is 28.4. The summed E-state index contributed by atoms with van der Waals surface area (Å²) in [6.45, 7) is 6.89. The van der Waals surface area contributed by atoms with Crippen LogP contribution >= 0.6 is 0 Å². The molecule has 0 saturated heterocycles. The van der Waals surface area contributed by atoms with Crippen LogP contribution in [0.4, 0.5) is 0 Å². The molecule has 0 saturated carbocycles. The van der Waals surface area contributed by atoms with Crippen molar-refractivity contribution in [1.82, 2.24) is 0 Å². The van der Waals surface area contributed by atoms with Crippen LogP contribution in [0.15, 0.2) is 18.2 Å². The van der Waals surface area contributed by atoms with E-state index >= 15 is 0 Å². The molecule has 20 heavy (non-hydrogen) atoms. The van der Waals surface area contributed by atoms with Gasteiger partial charge in [0.1, 0.15) is 17.6 Å². The molecule has 5 heteroatoms. The first kappa shape index (κ1) is 14.9. The van der Waals surface area contributed by atoms with Gasteiger partial charge in [-0.25, -0.2) is 0 Å². The van der Waals surface area contributed by atoms with Crippen LogP contribution in [-0.4, -0.2) is 22.0 Å². The summed E-state index contributed by atoms with van der Waals surface area (Å²) in [5.74, 6) is 1.44. The van der Waals surface area contributed by atoms with Crippen LogP contribution in [0.2, 0.25) is 19.6 Å². The summed E-state index contributed by atoms with van der Waals surface area (Å²) >= 11 is 0. The number of hydrogen-bond donors (Lipinski definition) is 0. The van der Waals surface area contributed by atoms with Crippen molar-refractivity contribution in [3.63, 3.8) is 0 Å². The van der Waals surface area contributed by atoms with E-state index in [9.17, 15) is 5.26 Å². The van der Waals surface area contributed by atoms with Gasteiger partial charge in [0.2, 0.25) is 0 Å². The Morgan fingerprint density at radius 2 is 2.10 bits per heavy atom. The zero-order valence-electron chi connectivity index (χ0n) is 12.5. The summed E-state index contributed by atoms with van der Waals surface area (Å²) in [6.07, 6.45) is 1.45. The number of benzene rings is 1. The van der Waals surface area contributed by atoms with Gasteiger partial charge in [-0.1, -0.05) is 0 Å². The summed E-state index contributed by atoms with van der Waals surface area (Å²) in [6, 6.07) is 7.97. The number of ether oxygens (including phenoxy) is 2. The second kappa shape index (κ2) is 5.47. The molecule has 1 atom stereocenters. The minimum Gasteiger partial charge on any atom is -0.497 e. The summed E-state index contributed by atoms with van der Waals surface area (Å²) in [5.41, 5.74) is -0.135. The zero-order valence-corrected chi connectivity index (χ0v) is 13.5. The molecule has 108 valence electrons. The molecule has 0 aromatic heterocycles. The van der Waals surface area contributed by atoms with E-state index in [4.69, 9.17) is 13.9 Å². The van der Waals surface area contributed by atoms with Gasteiger partial charge in [-0.05, 0) is 50.7 Å². The van der Waals surface area contributed by atoms with E-state index in [-0.39, 0.29) is 0 Å². The van der Waals surface area contributed by atoms with Gasteiger partial charge in [-0.3, -0.25) is 0 Å². The van der Waals surface area contributed by atoms with Gasteiger partial charge >= 0.3 is 0 Å². The summed E-state index contributed by atoms with van der Waals surface area (Å²) in [5, 5.41) is 9.79. The maximum Gasteiger partial charge on any atom is 0.186 e. The molecule has 0 amide bonds. The summed E-state index contributed by atoms with van der Waals surface area (Å²) < 4.78 is 17.3. The summed E-state index contributed by atoms with van der Waals surface area (Å²) in [4.78, 5) is 0. The number of nitrogens with zero attached hydrogens (tertiary/aromatic N) is 1. The first-order valence-electron chi connectivity index (χ1n) is 6.83. The van der Waals surface area contributed by atoms with Crippen LogP contribution in [0.25, 0.3) is 0 Å². The van der Waals surface area contributed by atoms with Crippen molar-refractivity contribution in [2.75, 3.05) is 13.7 Å². The SMILES string of the molecule is COc1ccc2c(c1)C(C#N)(O[Si](C)(C)C)CCCO2. The second-order valence-electron chi connectivity index (χ2n) is 5.97. The maximum atomic E-state index is 9.79. The molecule has 1 aliphatic rings. The third-order valence-electron chi connectivity index (χ3n) is 3.21. The fourth-order valence-corrected chi connectivity index (χ4v) is 3.79. The fraction of sp³-hybridized carbons (Fsp3) is 0.533. The van der Waals surface area contributed by atoms with E-state index in [0.717, 1.165) is 17.7 Å². The topological polar surface area (TPSA) is 51.5 Å². The lowest BCUT2D eigenvalue weighted by Gasteiger charge is -2.33. The molecule has 1 aromatic carbocycles. The monoisotopic (exact) mass is 291 g/mol. The van der Waals surface area contributed by atoms with E-state index in [0.29, 0.717) is 18.8 Å². The Labute approximate surface area is 121 Å². The molecule has 1 aromatic rings. The van der Waals surface area contributed by atoms with Crippen LogP contribution in [-0.2, 0) is 10.0 Å². The minimum absolute atomic E-state index is 0.609. The Morgan fingerprint density at radius 3 is 2.70 bits per heavy atom. The number of rotatable bonds is 3. The normalized spacial score (nSPS) is 22.1. The molecule has 0 aliphatic carbocycles. The van der Waals surface area contributed by atoms with Crippen LogP contribution in [0.1, 0.15) is 18.4 Å². The van der Waals surface area contributed by atoms with Crippen molar-refractivity contribution >= 4 is 8.32 Å². The molecule has 0 radical (unpaired) electrons. The largest absolute Gasteiger partial charge is 0.497 e. The van der Waals surface area contributed by atoms with Crippen LogP contribution < -0.4 is 9.47 Å². The van der Waals surface area contributed by atoms with Gasteiger partial charge in [0.15, 0.2) is 13.9 Å². The predicted octanol–water partition coefficient (Wildman–Crippen LogP) is 3.44. The highest BCUT2D eigenvalue weighted by molar-refractivity contribution is 6.69. The van der Waals surface area contributed by atoms with Gasteiger partial charge in [-0.2, -0.15) is 5.26 Å². The molecule has 0 N–H and O–H groups in total. The van der Waals surface area contributed by atoms with Crippen LogP contribution in [0.3, 0.4) is 0 Å². The molecule has 1 unspecified atom stereocenters. The van der Waals surface area contributed by atoms with Crippen molar-refractivity contribution in [1.29, 1.82) is 5.26 Å². The Bertz CT molecular complexity index is 533. The molecular formula is C15H21NO3Si. The average molecular weight is 291 g/mol. The lowest BCUT2D eigenvalue weighted by molar-refractivity contribution is 0.109. The quantitative estimate of drug-likeness (QED) is 0.801. The average Bonchev–Trinajstić information content (AvgIpc) is 2.57. The Kier molecular flexibility index (Phi) is 4.07. The van der Waals surface area contributed by atoms with Crippen LogP contribution in [0.5, 0.6) is 11.5 Å². The van der Waals surface area contributed by atoms with Gasteiger partial charge in [0.25, 0.3) is 0 Å². The number of fused-ring (bicyclic) bond motifs is 1. The van der Waals surface area contributed by atoms with Crippen LogP contribution in [0, 0.1) is 11.3 Å². The van der Waals surface area contributed by atoms with E-state index in [2.05, 4.69) is 25.7 Å². The maximum absolute atomic E-state index is 9.79. The van der Waals surface area contributed by atoms with Gasteiger partial charge in [-0.15, -0.1) is 0 Å². The van der Waals surface area contributed by atoms with Crippen molar-refractivity contribution in [2.24, 2.45) is 0 Å². The van der Waals surface area contributed by atoms with Gasteiger partial charge in [0.05, 0.1) is 13.7 Å². The lowest BCUT2D eigenvalue weighted by atomic mass is 9.90. The Balaban J connectivity index is 2.56. The zero-order chi connectivity index (χ0) is 14.8. The standard InChI is InChI=1S/C15H21NO3Si/c1-17-12-6-7-14-13(10-12)15(11-16,8-5-9-18-14)19-20(2,3)4/h6-7,10H,5,8-9H2,1-4H3. The molecular weight excluding hydrogens is 270 g/mol. The number of nitriles is 1. The van der Waals surface area contributed by atoms with Gasteiger partial charge in [0, 0.05) is 5.56 Å². The first-order chi connectivity index (χ1) is 9.40. The number of methoxy groups -OCH3 is 1. The third-order valence-corrected chi connectivity index (χ3v) is 4.17. The van der Waals surface area contributed by atoms with E-state index < -0.39 is 13.9 Å². The first-order valence-corrected chi connectivity index (χ1v) is 10.2. The van der Waals surface area contributed by atoms with Crippen molar-refractivity contribution in [3.8, 4) is 17.6 Å². The molecule has 0 spiro atoms. The molecule has 0 fully saturated rings. The smallest absolute Gasteiger partial charge is 0.186 e. The summed E-state index contributed by atoms with van der Waals surface area (Å²) in [7, 11) is -0.257. The minimum atomic E-state index is -1.88. The highest BCUT2D eigenvalue weighted by Gasteiger charge is 2.41. The molecule has 1 heterocycles. The molecule has 0 bridgehead atoms. The molecule has 1 aliphatic heterocycles. The fourth-order valence-electron chi connectivity index (χ4n) is 2.48. The van der Waals surface area contributed by atoms with E-state index in [1.165, 1.54) is 0 Å². The van der Waals surface area contributed by atoms with Crippen molar-refractivity contribution in [2.45, 2.75) is 38.1 Å². The Hall–Kier alpha value is -1.51. The Morgan fingerprint density at radius 1 is 1.35 bits per heavy atom. The van der Waals surface area contributed by atoms with Crippen molar-refractivity contribution < 1.29 is 13.9 Å². The second-order valence-corrected chi connectivity index (χ2v) is 10.4. The lowest BCUT2D eigenvalue weighted by Crippen LogP contribution is -2.39. The van der Waals surface area contributed by atoms with E-state index in [1.807, 2.05) is 18.2 Å². The number of hydrogen-bond acceptors (Lipinski definition) is 4. The van der Waals surface area contributed by atoms with Gasteiger partial charge < -0.3 is 13.9 Å².